The van der Waals surface area contributed by atoms with E-state index < -0.39 is 30.4 Å². The fraction of sp³-hybridized carbons (Fsp3) is 0.222. The van der Waals surface area contributed by atoms with E-state index in [0.717, 1.165) is 0 Å². The van der Waals surface area contributed by atoms with Crippen molar-refractivity contribution in [1.82, 2.24) is 0 Å². The molecule has 0 spiro atoms. The van der Waals surface area contributed by atoms with Gasteiger partial charge < -0.3 is 24.7 Å². The minimum atomic E-state index is -1.01. The average molecular weight is 390 g/mol. The normalized spacial score (nSPS) is 10.2. The highest BCUT2D eigenvalue weighted by molar-refractivity contribution is 6.10. The molecule has 0 unspecified atom stereocenters. The van der Waals surface area contributed by atoms with Crippen LogP contribution in [0.3, 0.4) is 0 Å². The van der Waals surface area contributed by atoms with Gasteiger partial charge in [0.15, 0.2) is 6.61 Å². The van der Waals surface area contributed by atoms with E-state index in [0.29, 0.717) is 0 Å². The predicted octanol–water partition coefficient (Wildman–Crippen LogP) is 1.36. The van der Waals surface area contributed by atoms with E-state index in [4.69, 9.17) is 19.6 Å². The Balaban J connectivity index is 2.12. The SMILES string of the molecule is CCOC(=O)c1c(C)oc(NC(=O)COC(=O)c2ccccc2O)c1C(N)=O. The lowest BCUT2D eigenvalue weighted by molar-refractivity contribution is -0.119. The molecule has 10 nitrogen and oxygen atoms in total. The summed E-state index contributed by atoms with van der Waals surface area (Å²) in [6, 6.07) is 5.64. The molecule has 0 saturated heterocycles. The number of carbonyl (C=O) groups is 4. The van der Waals surface area contributed by atoms with Crippen molar-refractivity contribution < 1.29 is 38.2 Å². The minimum Gasteiger partial charge on any atom is -0.507 e. The van der Waals surface area contributed by atoms with Crippen LogP contribution in [0.5, 0.6) is 5.75 Å². The fourth-order valence-corrected chi connectivity index (χ4v) is 2.33. The van der Waals surface area contributed by atoms with Crippen LogP contribution >= 0.6 is 0 Å². The maximum Gasteiger partial charge on any atom is 0.342 e. The van der Waals surface area contributed by atoms with Crippen molar-refractivity contribution in [3.63, 3.8) is 0 Å². The summed E-state index contributed by atoms with van der Waals surface area (Å²) in [4.78, 5) is 47.7. The number of carbonyl (C=O) groups excluding carboxylic acids is 4. The number of furan rings is 1. The Labute approximate surface area is 159 Å². The topological polar surface area (TPSA) is 158 Å². The van der Waals surface area contributed by atoms with Crippen molar-refractivity contribution in [1.29, 1.82) is 0 Å². The lowest BCUT2D eigenvalue weighted by atomic mass is 10.1. The van der Waals surface area contributed by atoms with Gasteiger partial charge in [-0.05, 0) is 26.0 Å². The molecular formula is C18H18N2O8. The number of anilines is 1. The number of rotatable bonds is 7. The Morgan fingerprint density at radius 2 is 1.79 bits per heavy atom. The molecule has 1 aromatic heterocycles. The molecule has 0 saturated carbocycles. The van der Waals surface area contributed by atoms with E-state index in [9.17, 15) is 24.3 Å². The van der Waals surface area contributed by atoms with Crippen LogP contribution in [0, 0.1) is 6.92 Å². The van der Waals surface area contributed by atoms with E-state index in [1.54, 1.807) is 6.92 Å². The number of hydrogen-bond acceptors (Lipinski definition) is 8. The van der Waals surface area contributed by atoms with Crippen LogP contribution in [-0.2, 0) is 14.3 Å². The summed E-state index contributed by atoms with van der Waals surface area (Å²) < 4.78 is 14.9. The van der Waals surface area contributed by atoms with Crippen molar-refractivity contribution in [3.05, 3.63) is 46.7 Å². The van der Waals surface area contributed by atoms with E-state index in [-0.39, 0.29) is 40.7 Å². The molecule has 0 aliphatic rings. The quantitative estimate of drug-likeness (QED) is 0.598. The van der Waals surface area contributed by atoms with Gasteiger partial charge in [0.25, 0.3) is 11.8 Å². The molecule has 0 aliphatic heterocycles. The average Bonchev–Trinajstić information content (AvgIpc) is 2.96. The monoisotopic (exact) mass is 390 g/mol. The molecule has 1 heterocycles. The highest BCUT2D eigenvalue weighted by Gasteiger charge is 2.29. The first kappa shape index (κ1) is 20.5. The van der Waals surface area contributed by atoms with Gasteiger partial charge in [-0.3, -0.25) is 14.9 Å². The highest BCUT2D eigenvalue weighted by Crippen LogP contribution is 2.27. The zero-order valence-corrected chi connectivity index (χ0v) is 15.1. The molecule has 4 N–H and O–H groups in total. The van der Waals surface area contributed by atoms with Gasteiger partial charge in [-0.15, -0.1) is 0 Å². The Kier molecular flexibility index (Phi) is 6.38. The van der Waals surface area contributed by atoms with Gasteiger partial charge in [0.2, 0.25) is 5.88 Å². The number of amides is 2. The third kappa shape index (κ3) is 4.47. The van der Waals surface area contributed by atoms with Crippen LogP contribution < -0.4 is 11.1 Å². The second kappa shape index (κ2) is 8.71. The van der Waals surface area contributed by atoms with Gasteiger partial charge in [0.1, 0.15) is 28.2 Å². The predicted molar refractivity (Wildman–Crippen MR) is 94.9 cm³/mol. The van der Waals surface area contributed by atoms with Crippen LogP contribution in [-0.4, -0.2) is 42.1 Å². The second-order valence-corrected chi connectivity index (χ2v) is 5.46. The number of ether oxygens (including phenoxy) is 2. The largest absolute Gasteiger partial charge is 0.507 e. The van der Waals surface area contributed by atoms with Crippen LogP contribution in [0.1, 0.15) is 43.8 Å². The van der Waals surface area contributed by atoms with Gasteiger partial charge in [-0.25, -0.2) is 9.59 Å². The lowest BCUT2D eigenvalue weighted by Gasteiger charge is -2.07. The minimum absolute atomic E-state index is 0.0220. The number of benzene rings is 1. The molecular weight excluding hydrogens is 372 g/mol. The second-order valence-electron chi connectivity index (χ2n) is 5.46. The molecule has 0 bridgehead atoms. The smallest absolute Gasteiger partial charge is 0.342 e. The molecule has 0 radical (unpaired) electrons. The summed E-state index contributed by atoms with van der Waals surface area (Å²) in [7, 11) is 0. The number of primary amides is 1. The van der Waals surface area contributed by atoms with E-state index >= 15 is 0 Å². The number of para-hydroxylation sites is 1. The first-order valence-electron chi connectivity index (χ1n) is 8.11. The zero-order chi connectivity index (χ0) is 20.8. The van der Waals surface area contributed by atoms with E-state index in [1.165, 1.54) is 31.2 Å². The van der Waals surface area contributed by atoms with Gasteiger partial charge in [-0.2, -0.15) is 0 Å². The molecule has 148 valence electrons. The summed E-state index contributed by atoms with van der Waals surface area (Å²) in [6.45, 7) is 2.30. The first-order valence-corrected chi connectivity index (χ1v) is 8.11. The van der Waals surface area contributed by atoms with Crippen molar-refractivity contribution >= 4 is 29.6 Å². The van der Waals surface area contributed by atoms with Crippen LogP contribution in [0.15, 0.2) is 28.7 Å². The number of nitrogens with one attached hydrogen (secondary N) is 1. The number of esters is 2. The molecule has 0 atom stereocenters. The number of phenols is 1. The summed E-state index contributed by atoms with van der Waals surface area (Å²) in [5, 5.41) is 11.8. The Bertz CT molecular complexity index is 932. The van der Waals surface area contributed by atoms with Gasteiger partial charge >= 0.3 is 11.9 Å². The third-order valence-corrected chi connectivity index (χ3v) is 3.52. The molecule has 0 fully saturated rings. The third-order valence-electron chi connectivity index (χ3n) is 3.52. The number of nitrogens with two attached hydrogens (primary N) is 1. The Morgan fingerprint density at radius 3 is 2.39 bits per heavy atom. The number of hydrogen-bond donors (Lipinski definition) is 3. The molecule has 28 heavy (non-hydrogen) atoms. The van der Waals surface area contributed by atoms with Gasteiger partial charge in [0, 0.05) is 0 Å². The Morgan fingerprint density at radius 1 is 1.11 bits per heavy atom. The zero-order valence-electron chi connectivity index (χ0n) is 15.1. The standard InChI is InChI=1S/C18H18N2O8/c1-3-26-18(25)13-9(2)28-16(14(13)15(19)23)20-12(22)8-27-17(24)10-6-4-5-7-11(10)21/h4-7,21H,3,8H2,1-2H3,(H2,19,23)(H,20,22). The van der Waals surface area contributed by atoms with Crippen molar-refractivity contribution in [2.24, 2.45) is 5.73 Å². The van der Waals surface area contributed by atoms with E-state index in [1.807, 2.05) is 0 Å². The van der Waals surface area contributed by atoms with Crippen molar-refractivity contribution in [2.75, 3.05) is 18.5 Å². The molecule has 0 aliphatic carbocycles. The number of aryl methyl sites for hydroxylation is 1. The maximum atomic E-state index is 12.0. The lowest BCUT2D eigenvalue weighted by Crippen LogP contribution is -2.23. The molecule has 1 aromatic carbocycles. The molecule has 2 aromatic rings. The van der Waals surface area contributed by atoms with Crippen molar-refractivity contribution in [2.45, 2.75) is 13.8 Å². The summed E-state index contributed by atoms with van der Waals surface area (Å²) >= 11 is 0. The highest BCUT2D eigenvalue weighted by atomic mass is 16.5. The molecule has 10 heteroatoms. The summed E-state index contributed by atoms with van der Waals surface area (Å²) in [6.07, 6.45) is 0. The summed E-state index contributed by atoms with van der Waals surface area (Å²) in [5.41, 5.74) is 4.61. The maximum absolute atomic E-state index is 12.0. The number of aromatic hydroxyl groups is 1. The van der Waals surface area contributed by atoms with Crippen molar-refractivity contribution in [3.8, 4) is 5.75 Å². The molecule has 2 rings (SSSR count). The number of phenolic OH excluding ortho intramolecular Hbond substituents is 1. The van der Waals surface area contributed by atoms with Gasteiger partial charge in [-0.1, -0.05) is 12.1 Å². The molecule has 2 amide bonds. The fourth-order valence-electron chi connectivity index (χ4n) is 2.33. The van der Waals surface area contributed by atoms with E-state index in [2.05, 4.69) is 5.32 Å². The van der Waals surface area contributed by atoms with Crippen LogP contribution in [0.25, 0.3) is 0 Å². The van der Waals surface area contributed by atoms with Crippen LogP contribution in [0.2, 0.25) is 0 Å². The first-order chi connectivity index (χ1) is 13.3. The van der Waals surface area contributed by atoms with Gasteiger partial charge in [0.05, 0.1) is 6.61 Å². The summed E-state index contributed by atoms with van der Waals surface area (Å²) in [5.74, 6) is -4.26. The Hall–Kier alpha value is -3.82. The van der Waals surface area contributed by atoms with Crippen LogP contribution in [0.4, 0.5) is 5.88 Å².